The third-order valence-electron chi connectivity index (χ3n) is 9.11. The molecule has 9 heteroatoms. The third kappa shape index (κ3) is 7.99. The van der Waals surface area contributed by atoms with Crippen molar-refractivity contribution in [3.05, 3.63) is 118 Å². The lowest BCUT2D eigenvalue weighted by atomic mass is 9.96. The zero-order valence-corrected chi connectivity index (χ0v) is 27.9. The molecule has 1 fully saturated rings. The number of hydrogen-bond acceptors (Lipinski definition) is 7. The average Bonchev–Trinajstić information content (AvgIpc) is 3.13. The fraction of sp³-hybridized carbons (Fsp3) is 0.359. The molecule has 3 atom stereocenters. The molecule has 0 aliphatic carbocycles. The van der Waals surface area contributed by atoms with E-state index in [1.54, 1.807) is 14.2 Å². The Morgan fingerprint density at radius 2 is 1.58 bits per heavy atom. The Kier molecular flexibility index (Phi) is 10.9. The van der Waals surface area contributed by atoms with Gasteiger partial charge in [-0.05, 0) is 70.5 Å². The van der Waals surface area contributed by atoms with Crippen molar-refractivity contribution in [2.75, 3.05) is 33.9 Å². The minimum Gasteiger partial charge on any atom is -0.493 e. The first kappa shape index (κ1) is 33.5. The standard InChI is InChI=1S/C39H45N3O6/c1-4-40-39(44)41-22-27-6-5-7-31(18-27)28-12-14-30(15-13-28)38-47-34(21-35(48-38)29-10-8-26(25-43)9-11-29)24-42-17-16-32-19-36(45-2)37(46-3)20-33(32)23-42/h5-15,18-20,34-35,38,43H,4,16-17,21-25H2,1-3H3,(H2,40,41,44). The lowest BCUT2D eigenvalue weighted by Gasteiger charge is -2.39. The predicted octanol–water partition coefficient (Wildman–Crippen LogP) is 6.29. The first-order valence-electron chi connectivity index (χ1n) is 16.6. The smallest absolute Gasteiger partial charge is 0.315 e. The van der Waals surface area contributed by atoms with Crippen LogP contribution >= 0.6 is 0 Å². The van der Waals surface area contributed by atoms with Gasteiger partial charge in [-0.15, -0.1) is 0 Å². The maximum Gasteiger partial charge on any atom is 0.315 e. The van der Waals surface area contributed by atoms with E-state index < -0.39 is 6.29 Å². The van der Waals surface area contributed by atoms with Crippen molar-refractivity contribution < 1.29 is 28.8 Å². The van der Waals surface area contributed by atoms with Gasteiger partial charge in [0.05, 0.1) is 33.0 Å². The number of rotatable bonds is 11. The minimum absolute atomic E-state index is 0.00716. The number of carbonyl (C=O) groups excluding carboxylic acids is 1. The molecule has 4 aromatic rings. The summed E-state index contributed by atoms with van der Waals surface area (Å²) in [5.41, 5.74) is 8.60. The number of aliphatic hydroxyl groups excluding tert-OH is 1. The molecule has 0 bridgehead atoms. The van der Waals surface area contributed by atoms with E-state index in [2.05, 4.69) is 64.1 Å². The van der Waals surface area contributed by atoms with Gasteiger partial charge >= 0.3 is 6.03 Å². The van der Waals surface area contributed by atoms with Gasteiger partial charge in [-0.2, -0.15) is 0 Å². The van der Waals surface area contributed by atoms with Crippen LogP contribution in [0.2, 0.25) is 0 Å². The lowest BCUT2D eigenvalue weighted by Crippen LogP contribution is -2.41. The molecular weight excluding hydrogens is 606 g/mol. The van der Waals surface area contributed by atoms with E-state index in [9.17, 15) is 9.90 Å². The van der Waals surface area contributed by atoms with Gasteiger partial charge in [-0.3, -0.25) is 4.90 Å². The van der Waals surface area contributed by atoms with Crippen molar-refractivity contribution in [3.8, 4) is 22.6 Å². The molecule has 6 rings (SSSR count). The molecule has 252 valence electrons. The highest BCUT2D eigenvalue weighted by Gasteiger charge is 2.34. The number of carbonyl (C=O) groups is 1. The number of aliphatic hydroxyl groups is 1. The quantitative estimate of drug-likeness (QED) is 0.175. The molecule has 3 unspecified atom stereocenters. The molecule has 9 nitrogen and oxygen atoms in total. The Bertz CT molecular complexity index is 1680. The van der Waals surface area contributed by atoms with E-state index >= 15 is 0 Å². The molecular formula is C39H45N3O6. The summed E-state index contributed by atoms with van der Waals surface area (Å²) in [6, 6.07) is 28.5. The summed E-state index contributed by atoms with van der Waals surface area (Å²) in [6.45, 7) is 5.45. The molecule has 1 saturated heterocycles. The number of urea groups is 1. The summed E-state index contributed by atoms with van der Waals surface area (Å²) in [6.07, 6.45) is 0.908. The normalized spacial score (nSPS) is 19.3. The summed E-state index contributed by atoms with van der Waals surface area (Å²) in [5, 5.41) is 15.2. The Hall–Kier alpha value is -4.41. The number of nitrogens with one attached hydrogen (secondary N) is 2. The van der Waals surface area contributed by atoms with E-state index in [4.69, 9.17) is 18.9 Å². The van der Waals surface area contributed by atoms with Crippen LogP contribution in [0.25, 0.3) is 11.1 Å². The van der Waals surface area contributed by atoms with Crippen LogP contribution in [0.4, 0.5) is 4.79 Å². The topological polar surface area (TPSA) is 102 Å². The predicted molar refractivity (Wildman–Crippen MR) is 185 cm³/mol. The van der Waals surface area contributed by atoms with E-state index in [1.807, 2.05) is 43.3 Å². The molecule has 0 aromatic heterocycles. The molecule has 0 radical (unpaired) electrons. The van der Waals surface area contributed by atoms with Crippen LogP contribution in [0.5, 0.6) is 11.5 Å². The summed E-state index contributed by atoms with van der Waals surface area (Å²) >= 11 is 0. The molecule has 4 aromatic carbocycles. The maximum absolute atomic E-state index is 11.9. The Morgan fingerprint density at radius 3 is 2.29 bits per heavy atom. The van der Waals surface area contributed by atoms with E-state index in [-0.39, 0.29) is 24.8 Å². The van der Waals surface area contributed by atoms with Gasteiger partial charge in [0.1, 0.15) is 0 Å². The monoisotopic (exact) mass is 651 g/mol. The highest BCUT2D eigenvalue weighted by molar-refractivity contribution is 5.74. The number of nitrogens with zero attached hydrogens (tertiary/aromatic N) is 1. The Balaban J connectivity index is 1.18. The summed E-state index contributed by atoms with van der Waals surface area (Å²) in [7, 11) is 3.35. The number of fused-ring (bicyclic) bond motifs is 1. The molecule has 2 amide bonds. The first-order valence-corrected chi connectivity index (χ1v) is 16.6. The van der Waals surface area contributed by atoms with E-state index in [1.165, 1.54) is 11.1 Å². The first-order chi connectivity index (χ1) is 23.5. The van der Waals surface area contributed by atoms with Crippen LogP contribution < -0.4 is 20.1 Å². The van der Waals surface area contributed by atoms with Crippen LogP contribution in [0.1, 0.15) is 59.1 Å². The van der Waals surface area contributed by atoms with Crippen LogP contribution in [-0.4, -0.2) is 56.0 Å². The molecule has 3 N–H and O–H groups in total. The summed E-state index contributed by atoms with van der Waals surface area (Å²) in [4.78, 5) is 14.3. The molecule has 2 aliphatic rings. The average molecular weight is 652 g/mol. The van der Waals surface area contributed by atoms with Crippen molar-refractivity contribution in [2.45, 2.75) is 58.0 Å². The number of ether oxygens (including phenoxy) is 4. The number of hydrogen-bond donors (Lipinski definition) is 3. The highest BCUT2D eigenvalue weighted by atomic mass is 16.7. The lowest BCUT2D eigenvalue weighted by molar-refractivity contribution is -0.253. The largest absolute Gasteiger partial charge is 0.493 e. The van der Waals surface area contributed by atoms with Gasteiger partial charge < -0.3 is 34.7 Å². The van der Waals surface area contributed by atoms with Crippen molar-refractivity contribution in [3.63, 3.8) is 0 Å². The van der Waals surface area contributed by atoms with E-state index in [0.29, 0.717) is 13.1 Å². The minimum atomic E-state index is -0.533. The zero-order valence-electron chi connectivity index (χ0n) is 27.9. The zero-order chi connectivity index (χ0) is 33.5. The fourth-order valence-electron chi connectivity index (χ4n) is 6.52. The Morgan fingerprint density at radius 1 is 0.854 bits per heavy atom. The van der Waals surface area contributed by atoms with Crippen LogP contribution in [0.3, 0.4) is 0 Å². The number of benzene rings is 4. The van der Waals surface area contributed by atoms with Crippen LogP contribution in [0, 0.1) is 0 Å². The SMILES string of the molecule is CCNC(=O)NCc1cccc(-c2ccc(C3OC(CN4CCc5cc(OC)c(OC)cc5C4)CC(c4ccc(CO)cc4)O3)cc2)c1. The fourth-order valence-corrected chi connectivity index (χ4v) is 6.52. The van der Waals surface area contributed by atoms with Crippen molar-refractivity contribution in [1.82, 2.24) is 15.5 Å². The molecule has 48 heavy (non-hydrogen) atoms. The van der Waals surface area contributed by atoms with Gasteiger partial charge in [0.25, 0.3) is 0 Å². The maximum atomic E-state index is 11.9. The molecule has 2 aliphatic heterocycles. The Labute approximate surface area is 282 Å². The van der Waals surface area contributed by atoms with Crippen molar-refractivity contribution in [2.24, 2.45) is 0 Å². The van der Waals surface area contributed by atoms with Crippen molar-refractivity contribution in [1.29, 1.82) is 0 Å². The molecule has 2 heterocycles. The summed E-state index contributed by atoms with van der Waals surface area (Å²) in [5.74, 6) is 1.51. The van der Waals surface area contributed by atoms with Crippen molar-refractivity contribution >= 4 is 6.03 Å². The van der Waals surface area contributed by atoms with E-state index in [0.717, 1.165) is 77.4 Å². The second kappa shape index (κ2) is 15.7. The van der Waals surface area contributed by atoms with Gasteiger partial charge in [-0.1, -0.05) is 66.7 Å². The third-order valence-corrected chi connectivity index (χ3v) is 9.11. The summed E-state index contributed by atoms with van der Waals surface area (Å²) < 4.78 is 24.4. The molecule has 0 spiro atoms. The van der Waals surface area contributed by atoms with Gasteiger partial charge in [0.15, 0.2) is 17.8 Å². The second-order valence-corrected chi connectivity index (χ2v) is 12.3. The number of amides is 2. The second-order valence-electron chi connectivity index (χ2n) is 12.3. The van der Waals surface area contributed by atoms with Gasteiger partial charge in [0, 0.05) is 44.7 Å². The number of methoxy groups -OCH3 is 2. The van der Waals surface area contributed by atoms with Gasteiger partial charge in [0.2, 0.25) is 0 Å². The highest BCUT2D eigenvalue weighted by Crippen LogP contribution is 2.39. The van der Waals surface area contributed by atoms with Crippen LogP contribution in [0.15, 0.2) is 84.9 Å². The van der Waals surface area contributed by atoms with Gasteiger partial charge in [-0.25, -0.2) is 4.79 Å². The molecule has 0 saturated carbocycles. The van der Waals surface area contributed by atoms with Crippen LogP contribution in [-0.2, 0) is 35.6 Å².